The molecular formula is C5H7N3O2. The Balaban J connectivity index is 2.47. The zero-order chi connectivity index (χ0) is 7.40. The number of nitrogens with one attached hydrogen (secondary N) is 2. The van der Waals surface area contributed by atoms with Crippen LogP contribution in [-0.4, -0.2) is 6.03 Å². The van der Waals surface area contributed by atoms with Crippen molar-refractivity contribution in [3.05, 3.63) is 24.2 Å². The van der Waals surface area contributed by atoms with Crippen LogP contribution in [0.4, 0.5) is 4.79 Å². The molecule has 0 bridgehead atoms. The van der Waals surface area contributed by atoms with Gasteiger partial charge in [-0.25, -0.2) is 10.3 Å². The molecule has 0 fully saturated rings. The first kappa shape index (κ1) is 6.47. The standard InChI is InChI=1S/C5H7N3O2/c6-5(9)7-4-2-1-3-10-8-4/h1-3,8H,(H3,6,7,9). The number of allylic oxidation sites excluding steroid dienone is 2. The highest BCUT2D eigenvalue weighted by Gasteiger charge is 1.99. The smallest absolute Gasteiger partial charge is 0.317 e. The second-order valence-electron chi connectivity index (χ2n) is 1.62. The number of nitrogens with two attached hydrogens (primary N) is 1. The Labute approximate surface area is 57.5 Å². The minimum absolute atomic E-state index is 0.426. The zero-order valence-corrected chi connectivity index (χ0v) is 5.13. The van der Waals surface area contributed by atoms with Crippen LogP contribution in [0, 0.1) is 0 Å². The lowest BCUT2D eigenvalue weighted by molar-refractivity contribution is 0.152. The van der Waals surface area contributed by atoms with Crippen molar-refractivity contribution >= 4 is 6.03 Å². The first-order chi connectivity index (χ1) is 4.79. The van der Waals surface area contributed by atoms with Crippen LogP contribution in [0.3, 0.4) is 0 Å². The number of primary amides is 1. The summed E-state index contributed by atoms with van der Waals surface area (Å²) in [6.07, 6.45) is 4.68. The van der Waals surface area contributed by atoms with Crippen molar-refractivity contribution in [2.24, 2.45) is 5.73 Å². The van der Waals surface area contributed by atoms with Gasteiger partial charge in [-0.3, -0.25) is 5.32 Å². The Morgan fingerprint density at radius 1 is 1.80 bits per heavy atom. The summed E-state index contributed by atoms with van der Waals surface area (Å²) < 4.78 is 0. The molecule has 0 aromatic carbocycles. The highest BCUT2D eigenvalue weighted by Crippen LogP contribution is 1.91. The minimum Gasteiger partial charge on any atom is -0.389 e. The van der Waals surface area contributed by atoms with Gasteiger partial charge in [0.15, 0.2) is 0 Å². The summed E-state index contributed by atoms with van der Waals surface area (Å²) in [5.74, 6) is 0.426. The molecule has 0 atom stereocenters. The molecule has 1 aliphatic rings. The lowest BCUT2D eigenvalue weighted by Gasteiger charge is -2.10. The third-order valence-corrected chi connectivity index (χ3v) is 0.836. The Morgan fingerprint density at radius 3 is 3.10 bits per heavy atom. The number of hydrogen-bond acceptors (Lipinski definition) is 3. The van der Waals surface area contributed by atoms with E-state index in [2.05, 4.69) is 15.6 Å². The molecule has 10 heavy (non-hydrogen) atoms. The van der Waals surface area contributed by atoms with Gasteiger partial charge >= 0.3 is 6.03 Å². The predicted molar refractivity (Wildman–Crippen MR) is 34.2 cm³/mol. The van der Waals surface area contributed by atoms with E-state index in [1.54, 1.807) is 12.2 Å². The average Bonchev–Trinajstić information content (AvgIpc) is 1.88. The zero-order valence-electron chi connectivity index (χ0n) is 5.13. The molecule has 0 saturated carbocycles. The van der Waals surface area contributed by atoms with Crippen molar-refractivity contribution < 1.29 is 9.63 Å². The number of amides is 2. The van der Waals surface area contributed by atoms with E-state index in [4.69, 9.17) is 5.73 Å². The topological polar surface area (TPSA) is 76.4 Å². The maximum Gasteiger partial charge on any atom is 0.317 e. The van der Waals surface area contributed by atoms with Gasteiger partial charge in [-0.1, -0.05) is 0 Å². The molecule has 0 unspecified atom stereocenters. The highest BCUT2D eigenvalue weighted by atomic mass is 16.6. The van der Waals surface area contributed by atoms with E-state index in [0.717, 1.165) is 0 Å². The summed E-state index contributed by atoms with van der Waals surface area (Å²) >= 11 is 0. The maximum atomic E-state index is 10.2. The van der Waals surface area contributed by atoms with Crippen molar-refractivity contribution in [3.63, 3.8) is 0 Å². The third kappa shape index (κ3) is 1.70. The molecule has 1 heterocycles. The van der Waals surface area contributed by atoms with Crippen LogP contribution in [-0.2, 0) is 4.84 Å². The van der Waals surface area contributed by atoms with E-state index < -0.39 is 6.03 Å². The second kappa shape index (κ2) is 2.77. The lowest BCUT2D eigenvalue weighted by Crippen LogP contribution is -2.35. The van der Waals surface area contributed by atoms with Crippen molar-refractivity contribution in [3.8, 4) is 0 Å². The molecule has 54 valence electrons. The van der Waals surface area contributed by atoms with Gasteiger partial charge in [0.25, 0.3) is 0 Å². The molecule has 1 rings (SSSR count). The maximum absolute atomic E-state index is 10.2. The quantitative estimate of drug-likeness (QED) is 0.462. The van der Waals surface area contributed by atoms with Crippen molar-refractivity contribution in [2.45, 2.75) is 0 Å². The molecule has 5 nitrogen and oxygen atoms in total. The fraction of sp³-hybridized carbons (Fsp3) is 0. The van der Waals surface area contributed by atoms with E-state index >= 15 is 0 Å². The van der Waals surface area contributed by atoms with Crippen molar-refractivity contribution in [2.75, 3.05) is 0 Å². The Hall–Kier alpha value is -1.65. The number of hydrogen-bond donors (Lipinski definition) is 3. The first-order valence-corrected chi connectivity index (χ1v) is 2.64. The number of carbonyl (C=O) groups excluding carboxylic acids is 1. The van der Waals surface area contributed by atoms with Gasteiger partial charge in [0, 0.05) is 0 Å². The van der Waals surface area contributed by atoms with Gasteiger partial charge in [0.05, 0.1) is 0 Å². The fourth-order valence-corrected chi connectivity index (χ4v) is 0.506. The summed E-state index contributed by atoms with van der Waals surface area (Å²) in [5.41, 5.74) is 7.23. The van der Waals surface area contributed by atoms with Gasteiger partial charge < -0.3 is 10.6 Å². The van der Waals surface area contributed by atoms with Gasteiger partial charge in [-0.05, 0) is 12.2 Å². The van der Waals surface area contributed by atoms with Gasteiger partial charge in [0.1, 0.15) is 12.1 Å². The molecule has 0 aromatic heterocycles. The van der Waals surface area contributed by atoms with E-state index in [0.29, 0.717) is 5.82 Å². The number of hydroxylamine groups is 1. The SMILES string of the molecule is NC(=O)NC1=CC=CON1. The van der Waals surface area contributed by atoms with Crippen LogP contribution in [0.15, 0.2) is 24.2 Å². The van der Waals surface area contributed by atoms with E-state index in [1.165, 1.54) is 6.26 Å². The van der Waals surface area contributed by atoms with Gasteiger partial charge in [0.2, 0.25) is 0 Å². The van der Waals surface area contributed by atoms with E-state index in [9.17, 15) is 4.79 Å². The molecule has 1 aliphatic heterocycles. The normalized spacial score (nSPS) is 14.6. The predicted octanol–water partition coefficient (Wildman–Crippen LogP) is -0.455. The fourth-order valence-electron chi connectivity index (χ4n) is 0.506. The number of rotatable bonds is 1. The minimum atomic E-state index is -0.627. The van der Waals surface area contributed by atoms with Gasteiger partial charge in [-0.2, -0.15) is 0 Å². The molecule has 0 spiro atoms. The molecule has 2 amide bonds. The third-order valence-electron chi connectivity index (χ3n) is 0.836. The van der Waals surface area contributed by atoms with Crippen LogP contribution in [0.2, 0.25) is 0 Å². The first-order valence-electron chi connectivity index (χ1n) is 2.64. The number of urea groups is 1. The van der Waals surface area contributed by atoms with E-state index in [-0.39, 0.29) is 0 Å². The summed E-state index contributed by atoms with van der Waals surface area (Å²) in [6, 6.07) is -0.627. The molecular weight excluding hydrogens is 134 g/mol. The Kier molecular flexibility index (Phi) is 1.79. The molecule has 5 heteroatoms. The summed E-state index contributed by atoms with van der Waals surface area (Å²) in [4.78, 5) is 14.8. The van der Waals surface area contributed by atoms with Crippen LogP contribution < -0.4 is 16.5 Å². The Morgan fingerprint density at radius 2 is 2.60 bits per heavy atom. The molecule has 0 saturated heterocycles. The largest absolute Gasteiger partial charge is 0.389 e. The van der Waals surface area contributed by atoms with E-state index in [1.807, 2.05) is 0 Å². The molecule has 0 radical (unpaired) electrons. The summed E-state index contributed by atoms with van der Waals surface area (Å²) in [6.45, 7) is 0. The average molecular weight is 141 g/mol. The van der Waals surface area contributed by atoms with Gasteiger partial charge in [-0.15, -0.1) is 0 Å². The lowest BCUT2D eigenvalue weighted by atomic mass is 10.5. The molecule has 4 N–H and O–H groups in total. The highest BCUT2D eigenvalue weighted by molar-refractivity contribution is 5.73. The van der Waals surface area contributed by atoms with Crippen molar-refractivity contribution in [1.82, 2.24) is 10.8 Å². The van der Waals surface area contributed by atoms with Crippen LogP contribution in [0.5, 0.6) is 0 Å². The van der Waals surface area contributed by atoms with Crippen LogP contribution in [0.1, 0.15) is 0 Å². The van der Waals surface area contributed by atoms with Crippen molar-refractivity contribution in [1.29, 1.82) is 0 Å². The second-order valence-corrected chi connectivity index (χ2v) is 1.62. The monoisotopic (exact) mass is 141 g/mol. The van der Waals surface area contributed by atoms with Crippen LogP contribution >= 0.6 is 0 Å². The molecule has 0 aliphatic carbocycles. The summed E-state index contributed by atoms with van der Waals surface area (Å²) in [7, 11) is 0. The number of carbonyl (C=O) groups is 1. The molecule has 0 aromatic rings. The summed E-state index contributed by atoms with van der Waals surface area (Å²) in [5, 5.41) is 2.29. The Bertz CT molecular complexity index is 197. The van der Waals surface area contributed by atoms with Crippen LogP contribution in [0.25, 0.3) is 0 Å².